The summed E-state index contributed by atoms with van der Waals surface area (Å²) >= 11 is 0. The lowest BCUT2D eigenvalue weighted by atomic mass is 9.76. The molecule has 0 saturated carbocycles. The van der Waals surface area contributed by atoms with Crippen LogP contribution in [0.4, 0.5) is 5.69 Å². The van der Waals surface area contributed by atoms with Crippen LogP contribution in [0.1, 0.15) is 22.6 Å². The number of hydrogen-bond donors (Lipinski definition) is 2. The van der Waals surface area contributed by atoms with E-state index < -0.39 is 0 Å². The fourth-order valence-electron chi connectivity index (χ4n) is 2.48. The van der Waals surface area contributed by atoms with Crippen molar-refractivity contribution in [1.82, 2.24) is 0 Å². The molecule has 68 valence electrons. The largest absolute Gasteiger partial charge is 0.396 e. The van der Waals surface area contributed by atoms with E-state index in [1.807, 2.05) is 0 Å². The molecule has 1 aliphatic carbocycles. The van der Waals surface area contributed by atoms with Gasteiger partial charge in [-0.3, -0.25) is 0 Å². The van der Waals surface area contributed by atoms with Gasteiger partial charge in [0.05, 0.1) is 6.61 Å². The zero-order valence-corrected chi connectivity index (χ0v) is 7.51. The molecule has 13 heavy (non-hydrogen) atoms. The second-order valence-electron chi connectivity index (χ2n) is 3.93. The van der Waals surface area contributed by atoms with Crippen molar-refractivity contribution in [2.24, 2.45) is 0 Å². The molecule has 0 bridgehead atoms. The summed E-state index contributed by atoms with van der Waals surface area (Å²) in [5.74, 6) is 0.399. The molecule has 1 unspecified atom stereocenters. The standard InChI is InChI=1S/C11H13NO/c13-6-9-5-8-2-1-7-3-4-12-11(7)10(8)9/h1-2,9,12-13H,3-6H2. The predicted molar refractivity (Wildman–Crippen MR) is 52.2 cm³/mol. The first-order valence-corrected chi connectivity index (χ1v) is 4.89. The molecule has 1 atom stereocenters. The monoisotopic (exact) mass is 175 g/mol. The van der Waals surface area contributed by atoms with E-state index in [0.29, 0.717) is 12.5 Å². The summed E-state index contributed by atoms with van der Waals surface area (Å²) in [5.41, 5.74) is 5.56. The number of benzene rings is 1. The van der Waals surface area contributed by atoms with Gasteiger partial charge in [0, 0.05) is 18.2 Å². The maximum Gasteiger partial charge on any atom is 0.0503 e. The van der Waals surface area contributed by atoms with Crippen LogP contribution in [-0.2, 0) is 12.8 Å². The average Bonchev–Trinajstić information content (AvgIpc) is 2.52. The van der Waals surface area contributed by atoms with Crippen LogP contribution in [0, 0.1) is 0 Å². The first kappa shape index (κ1) is 7.39. The number of fused-ring (bicyclic) bond motifs is 3. The predicted octanol–water partition coefficient (Wildman–Crippen LogP) is 1.29. The first-order valence-electron chi connectivity index (χ1n) is 4.89. The molecule has 0 spiro atoms. The molecule has 3 rings (SSSR count). The second kappa shape index (κ2) is 2.48. The fourth-order valence-corrected chi connectivity index (χ4v) is 2.48. The van der Waals surface area contributed by atoms with Crippen molar-refractivity contribution in [1.29, 1.82) is 0 Å². The Labute approximate surface area is 77.6 Å². The van der Waals surface area contributed by atoms with Crippen molar-refractivity contribution in [3.05, 3.63) is 28.8 Å². The Morgan fingerprint density at radius 3 is 3.08 bits per heavy atom. The van der Waals surface area contributed by atoms with Crippen LogP contribution >= 0.6 is 0 Å². The molecule has 0 fully saturated rings. The summed E-state index contributed by atoms with van der Waals surface area (Å²) in [7, 11) is 0. The van der Waals surface area contributed by atoms with E-state index in [1.54, 1.807) is 0 Å². The molecule has 1 heterocycles. The number of aliphatic hydroxyl groups is 1. The van der Waals surface area contributed by atoms with Gasteiger partial charge >= 0.3 is 0 Å². The molecule has 1 aromatic rings. The molecule has 2 N–H and O–H groups in total. The summed E-state index contributed by atoms with van der Waals surface area (Å²) in [6.07, 6.45) is 2.20. The molecule has 2 aliphatic rings. The summed E-state index contributed by atoms with van der Waals surface area (Å²) < 4.78 is 0. The third-order valence-electron chi connectivity index (χ3n) is 3.21. The molecule has 2 nitrogen and oxygen atoms in total. The lowest BCUT2D eigenvalue weighted by Gasteiger charge is -2.31. The SMILES string of the molecule is OCC1Cc2ccc3c(c21)NCC3. The van der Waals surface area contributed by atoms with E-state index in [2.05, 4.69) is 17.4 Å². The smallest absolute Gasteiger partial charge is 0.0503 e. The summed E-state index contributed by atoms with van der Waals surface area (Å²) in [5, 5.41) is 12.5. The van der Waals surface area contributed by atoms with Crippen molar-refractivity contribution in [2.45, 2.75) is 18.8 Å². The van der Waals surface area contributed by atoms with Gasteiger partial charge in [-0.2, -0.15) is 0 Å². The van der Waals surface area contributed by atoms with Gasteiger partial charge in [0.2, 0.25) is 0 Å². The van der Waals surface area contributed by atoms with Gasteiger partial charge < -0.3 is 10.4 Å². The van der Waals surface area contributed by atoms with E-state index in [1.165, 1.54) is 22.4 Å². The minimum atomic E-state index is 0.297. The van der Waals surface area contributed by atoms with Gasteiger partial charge in [0.25, 0.3) is 0 Å². The molecular formula is C11H13NO. The average molecular weight is 175 g/mol. The second-order valence-corrected chi connectivity index (χ2v) is 3.93. The van der Waals surface area contributed by atoms with Gasteiger partial charge in [-0.1, -0.05) is 12.1 Å². The third-order valence-corrected chi connectivity index (χ3v) is 3.21. The van der Waals surface area contributed by atoms with Crippen LogP contribution in [0.25, 0.3) is 0 Å². The van der Waals surface area contributed by atoms with Gasteiger partial charge in [0.15, 0.2) is 0 Å². The normalized spacial score (nSPS) is 23.0. The Kier molecular flexibility index (Phi) is 1.41. The zero-order chi connectivity index (χ0) is 8.84. The lowest BCUT2D eigenvalue weighted by molar-refractivity contribution is 0.253. The van der Waals surface area contributed by atoms with Crippen molar-refractivity contribution in [3.63, 3.8) is 0 Å². The minimum Gasteiger partial charge on any atom is -0.396 e. The summed E-state index contributed by atoms with van der Waals surface area (Å²) in [6.45, 7) is 1.36. The van der Waals surface area contributed by atoms with Crippen LogP contribution in [-0.4, -0.2) is 18.3 Å². The van der Waals surface area contributed by atoms with Crippen molar-refractivity contribution in [2.75, 3.05) is 18.5 Å². The van der Waals surface area contributed by atoms with Crippen LogP contribution in [0.15, 0.2) is 12.1 Å². The lowest BCUT2D eigenvalue weighted by Crippen LogP contribution is -2.21. The van der Waals surface area contributed by atoms with Crippen molar-refractivity contribution < 1.29 is 5.11 Å². The Morgan fingerprint density at radius 1 is 1.38 bits per heavy atom. The topological polar surface area (TPSA) is 32.3 Å². The Hall–Kier alpha value is -1.02. The van der Waals surface area contributed by atoms with Gasteiger partial charge in [-0.25, -0.2) is 0 Å². The van der Waals surface area contributed by atoms with Crippen LogP contribution in [0.5, 0.6) is 0 Å². The highest BCUT2D eigenvalue weighted by atomic mass is 16.3. The highest BCUT2D eigenvalue weighted by Gasteiger charge is 2.30. The molecular weight excluding hydrogens is 162 g/mol. The molecule has 0 amide bonds. The molecule has 1 aliphatic heterocycles. The van der Waals surface area contributed by atoms with Crippen LogP contribution in [0.3, 0.4) is 0 Å². The molecule has 2 heteroatoms. The van der Waals surface area contributed by atoms with Crippen molar-refractivity contribution in [3.8, 4) is 0 Å². The minimum absolute atomic E-state index is 0.297. The molecule has 0 aromatic heterocycles. The maximum atomic E-state index is 9.14. The number of anilines is 1. The Balaban J connectivity index is 2.13. The van der Waals surface area contributed by atoms with Crippen LogP contribution in [0.2, 0.25) is 0 Å². The number of hydrogen-bond acceptors (Lipinski definition) is 2. The van der Waals surface area contributed by atoms with E-state index in [0.717, 1.165) is 19.4 Å². The quantitative estimate of drug-likeness (QED) is 0.674. The van der Waals surface area contributed by atoms with E-state index >= 15 is 0 Å². The van der Waals surface area contributed by atoms with E-state index in [-0.39, 0.29) is 0 Å². The van der Waals surface area contributed by atoms with Gasteiger partial charge in [0.1, 0.15) is 0 Å². The van der Waals surface area contributed by atoms with Gasteiger partial charge in [-0.15, -0.1) is 0 Å². The Morgan fingerprint density at radius 2 is 2.23 bits per heavy atom. The van der Waals surface area contributed by atoms with E-state index in [9.17, 15) is 0 Å². The molecule has 0 radical (unpaired) electrons. The first-order chi connectivity index (χ1) is 6.40. The highest BCUT2D eigenvalue weighted by Crippen LogP contribution is 2.43. The number of rotatable bonds is 1. The summed E-state index contributed by atoms with van der Waals surface area (Å²) in [4.78, 5) is 0. The Bertz CT molecular complexity index is 359. The number of nitrogens with one attached hydrogen (secondary N) is 1. The highest BCUT2D eigenvalue weighted by molar-refractivity contribution is 5.68. The van der Waals surface area contributed by atoms with Crippen LogP contribution < -0.4 is 5.32 Å². The van der Waals surface area contributed by atoms with E-state index in [4.69, 9.17) is 5.11 Å². The zero-order valence-electron chi connectivity index (χ0n) is 7.51. The molecule has 0 saturated heterocycles. The fraction of sp³-hybridized carbons (Fsp3) is 0.455. The summed E-state index contributed by atoms with van der Waals surface area (Å²) in [6, 6.07) is 4.44. The van der Waals surface area contributed by atoms with Crippen molar-refractivity contribution >= 4 is 5.69 Å². The molecule has 1 aromatic carbocycles. The van der Waals surface area contributed by atoms with Gasteiger partial charge in [-0.05, 0) is 29.5 Å². The number of aliphatic hydroxyl groups excluding tert-OH is 1. The maximum absolute atomic E-state index is 9.14. The third kappa shape index (κ3) is 0.866.